The first-order chi connectivity index (χ1) is 12.0. The first kappa shape index (κ1) is 16.9. The Balaban J connectivity index is 1.82. The van der Waals surface area contributed by atoms with Crippen LogP contribution in [-0.2, 0) is 11.3 Å². The zero-order valence-corrected chi connectivity index (χ0v) is 14.3. The van der Waals surface area contributed by atoms with Gasteiger partial charge in [0.15, 0.2) is 0 Å². The Labute approximate surface area is 149 Å². The molecule has 0 aliphatic heterocycles. The van der Waals surface area contributed by atoms with E-state index < -0.39 is 0 Å². The number of amides is 1. The van der Waals surface area contributed by atoms with Crippen LogP contribution in [0, 0.1) is 6.92 Å². The standard InChI is InChI=1S/C19H16ClN3O2/c1-13-21-17(14-7-3-2-4-8-14)11-19(25)23(13)12-18(24)22-16-10-6-5-9-15(16)20/h2-11H,12H2,1H3,(H,22,24). The monoisotopic (exact) mass is 353 g/mol. The molecule has 0 atom stereocenters. The molecule has 3 rings (SSSR count). The predicted molar refractivity (Wildman–Crippen MR) is 98.8 cm³/mol. The molecule has 1 aromatic heterocycles. The van der Waals surface area contributed by atoms with Crippen molar-refractivity contribution in [3.63, 3.8) is 0 Å². The van der Waals surface area contributed by atoms with Gasteiger partial charge in [0.1, 0.15) is 12.4 Å². The molecule has 0 fully saturated rings. The van der Waals surface area contributed by atoms with Crippen molar-refractivity contribution in [1.82, 2.24) is 9.55 Å². The zero-order chi connectivity index (χ0) is 17.8. The smallest absolute Gasteiger partial charge is 0.254 e. The van der Waals surface area contributed by atoms with Crippen molar-refractivity contribution in [3.05, 3.63) is 81.9 Å². The number of rotatable bonds is 4. The van der Waals surface area contributed by atoms with Crippen molar-refractivity contribution in [2.75, 3.05) is 5.32 Å². The van der Waals surface area contributed by atoms with E-state index in [0.29, 0.717) is 22.2 Å². The van der Waals surface area contributed by atoms with Crippen LogP contribution >= 0.6 is 11.6 Å². The van der Waals surface area contributed by atoms with E-state index in [1.807, 2.05) is 30.3 Å². The molecule has 0 aliphatic rings. The van der Waals surface area contributed by atoms with Crippen LogP contribution in [0.3, 0.4) is 0 Å². The largest absolute Gasteiger partial charge is 0.323 e. The minimum Gasteiger partial charge on any atom is -0.323 e. The van der Waals surface area contributed by atoms with Gasteiger partial charge in [0.25, 0.3) is 5.56 Å². The first-order valence-corrected chi connectivity index (χ1v) is 8.10. The van der Waals surface area contributed by atoms with Gasteiger partial charge in [0.05, 0.1) is 16.4 Å². The van der Waals surface area contributed by atoms with Crippen LogP contribution in [-0.4, -0.2) is 15.5 Å². The summed E-state index contributed by atoms with van der Waals surface area (Å²) in [5, 5.41) is 3.14. The van der Waals surface area contributed by atoms with Crippen molar-refractivity contribution in [1.29, 1.82) is 0 Å². The van der Waals surface area contributed by atoms with Crippen LogP contribution in [0.15, 0.2) is 65.5 Å². The second kappa shape index (κ2) is 7.32. The summed E-state index contributed by atoms with van der Waals surface area (Å²) in [5.41, 5.74) is 1.68. The van der Waals surface area contributed by atoms with Crippen molar-refractivity contribution in [3.8, 4) is 11.3 Å². The number of aryl methyl sites for hydroxylation is 1. The molecule has 0 radical (unpaired) electrons. The number of hydrogen-bond donors (Lipinski definition) is 1. The number of hydrogen-bond acceptors (Lipinski definition) is 3. The van der Waals surface area contributed by atoms with E-state index >= 15 is 0 Å². The van der Waals surface area contributed by atoms with E-state index in [-0.39, 0.29) is 18.0 Å². The Morgan fingerprint density at radius 2 is 1.80 bits per heavy atom. The Bertz CT molecular complexity index is 968. The highest BCUT2D eigenvalue weighted by Gasteiger charge is 2.11. The van der Waals surface area contributed by atoms with Crippen LogP contribution < -0.4 is 10.9 Å². The maximum absolute atomic E-state index is 12.4. The summed E-state index contributed by atoms with van der Waals surface area (Å²) < 4.78 is 1.33. The Morgan fingerprint density at radius 1 is 1.12 bits per heavy atom. The average molecular weight is 354 g/mol. The van der Waals surface area contributed by atoms with Crippen LogP contribution in [0.4, 0.5) is 5.69 Å². The molecule has 0 spiro atoms. The highest BCUT2D eigenvalue weighted by atomic mass is 35.5. The summed E-state index contributed by atoms with van der Waals surface area (Å²) >= 11 is 6.03. The van der Waals surface area contributed by atoms with Gasteiger partial charge in [-0.3, -0.25) is 14.2 Å². The summed E-state index contributed by atoms with van der Waals surface area (Å²) in [6.45, 7) is 1.58. The van der Waals surface area contributed by atoms with E-state index in [2.05, 4.69) is 10.3 Å². The molecule has 126 valence electrons. The van der Waals surface area contributed by atoms with Crippen molar-refractivity contribution < 1.29 is 4.79 Å². The van der Waals surface area contributed by atoms with Gasteiger partial charge in [0.2, 0.25) is 5.91 Å². The molecule has 0 saturated carbocycles. The molecule has 0 bridgehead atoms. The molecule has 0 unspecified atom stereocenters. The van der Waals surface area contributed by atoms with E-state index in [4.69, 9.17) is 11.6 Å². The highest BCUT2D eigenvalue weighted by Crippen LogP contribution is 2.20. The van der Waals surface area contributed by atoms with Gasteiger partial charge in [-0.2, -0.15) is 0 Å². The normalized spacial score (nSPS) is 10.5. The second-order valence-corrected chi connectivity index (χ2v) is 5.91. The van der Waals surface area contributed by atoms with Gasteiger partial charge in [-0.25, -0.2) is 4.98 Å². The average Bonchev–Trinajstić information content (AvgIpc) is 2.61. The lowest BCUT2D eigenvalue weighted by atomic mass is 10.1. The Kier molecular flexibility index (Phi) is 4.95. The number of carbonyl (C=O) groups excluding carboxylic acids is 1. The number of benzene rings is 2. The van der Waals surface area contributed by atoms with Crippen LogP contribution in [0.5, 0.6) is 0 Å². The predicted octanol–water partition coefficient (Wildman–Crippen LogP) is 3.51. The van der Waals surface area contributed by atoms with E-state index in [9.17, 15) is 9.59 Å². The minimum atomic E-state index is -0.340. The van der Waals surface area contributed by atoms with E-state index in [1.54, 1.807) is 31.2 Å². The molecule has 3 aromatic rings. The quantitative estimate of drug-likeness (QED) is 0.780. The molecule has 1 heterocycles. The SMILES string of the molecule is Cc1nc(-c2ccccc2)cc(=O)n1CC(=O)Nc1ccccc1Cl. The third-order valence-corrected chi connectivity index (χ3v) is 4.05. The van der Waals surface area contributed by atoms with E-state index in [0.717, 1.165) is 5.56 Å². The molecule has 5 nitrogen and oxygen atoms in total. The fourth-order valence-corrected chi connectivity index (χ4v) is 2.65. The fourth-order valence-electron chi connectivity index (χ4n) is 2.47. The molecule has 1 amide bonds. The maximum Gasteiger partial charge on any atom is 0.254 e. The van der Waals surface area contributed by atoms with Crippen molar-refractivity contribution in [2.24, 2.45) is 0 Å². The zero-order valence-electron chi connectivity index (χ0n) is 13.6. The number of anilines is 1. The maximum atomic E-state index is 12.4. The fraction of sp³-hybridized carbons (Fsp3) is 0.105. The number of halogens is 1. The highest BCUT2D eigenvalue weighted by molar-refractivity contribution is 6.33. The van der Waals surface area contributed by atoms with Gasteiger partial charge >= 0.3 is 0 Å². The van der Waals surface area contributed by atoms with Gasteiger partial charge in [-0.05, 0) is 19.1 Å². The summed E-state index contributed by atoms with van der Waals surface area (Å²) in [6.07, 6.45) is 0. The molecule has 2 aromatic carbocycles. The number of para-hydroxylation sites is 1. The van der Waals surface area contributed by atoms with Crippen LogP contribution in [0.2, 0.25) is 5.02 Å². The van der Waals surface area contributed by atoms with Gasteiger partial charge in [0, 0.05) is 11.6 Å². The molecular weight excluding hydrogens is 338 g/mol. The first-order valence-electron chi connectivity index (χ1n) is 7.73. The van der Waals surface area contributed by atoms with Crippen LogP contribution in [0.1, 0.15) is 5.82 Å². The molecule has 6 heteroatoms. The lowest BCUT2D eigenvalue weighted by Crippen LogP contribution is -2.29. The molecule has 25 heavy (non-hydrogen) atoms. The number of nitrogens with zero attached hydrogens (tertiary/aromatic N) is 2. The van der Waals surface area contributed by atoms with Gasteiger partial charge < -0.3 is 5.32 Å². The lowest BCUT2D eigenvalue weighted by molar-refractivity contribution is -0.116. The lowest BCUT2D eigenvalue weighted by Gasteiger charge is -2.12. The third-order valence-electron chi connectivity index (χ3n) is 3.72. The Hall–Kier alpha value is -2.92. The van der Waals surface area contributed by atoms with E-state index in [1.165, 1.54) is 10.6 Å². The van der Waals surface area contributed by atoms with Crippen LogP contribution in [0.25, 0.3) is 11.3 Å². The minimum absolute atomic E-state index is 0.127. The summed E-state index contributed by atoms with van der Waals surface area (Å²) in [5.74, 6) is 0.133. The van der Waals surface area contributed by atoms with Gasteiger partial charge in [-0.15, -0.1) is 0 Å². The number of aromatic nitrogens is 2. The van der Waals surface area contributed by atoms with Crippen molar-refractivity contribution in [2.45, 2.75) is 13.5 Å². The summed E-state index contributed by atoms with van der Waals surface area (Å²) in [4.78, 5) is 29.1. The third kappa shape index (κ3) is 3.95. The number of carbonyl (C=O) groups is 1. The summed E-state index contributed by atoms with van der Waals surface area (Å²) in [7, 11) is 0. The number of nitrogens with one attached hydrogen (secondary N) is 1. The molecule has 0 saturated heterocycles. The molecule has 0 aliphatic carbocycles. The molecule has 1 N–H and O–H groups in total. The summed E-state index contributed by atoms with van der Waals surface area (Å²) in [6, 6.07) is 17.8. The topological polar surface area (TPSA) is 64.0 Å². The molecular formula is C19H16ClN3O2. The second-order valence-electron chi connectivity index (χ2n) is 5.51. The Morgan fingerprint density at radius 3 is 2.48 bits per heavy atom. The van der Waals surface area contributed by atoms with Crippen molar-refractivity contribution >= 4 is 23.2 Å². The van der Waals surface area contributed by atoms with Gasteiger partial charge in [-0.1, -0.05) is 54.1 Å².